The number of aromatic nitrogens is 1. The molecule has 0 radical (unpaired) electrons. The van der Waals surface area contributed by atoms with Crippen molar-refractivity contribution in [2.45, 2.75) is 39.5 Å². The Morgan fingerprint density at radius 3 is 2.76 bits per heavy atom. The van der Waals surface area contributed by atoms with E-state index in [4.69, 9.17) is 9.47 Å². The van der Waals surface area contributed by atoms with Crippen LogP contribution in [0, 0.1) is 6.92 Å². The molecule has 0 saturated heterocycles. The second-order valence-electron chi connectivity index (χ2n) is 6.78. The third kappa shape index (κ3) is 6.44. The molecule has 0 aliphatic carbocycles. The van der Waals surface area contributed by atoms with Crippen LogP contribution in [0.2, 0.25) is 0 Å². The zero-order valence-corrected chi connectivity index (χ0v) is 19.1. The van der Waals surface area contributed by atoms with Gasteiger partial charge in [-0.05, 0) is 71.6 Å². The lowest BCUT2D eigenvalue weighted by Crippen LogP contribution is -2.12. The first-order valence-electron chi connectivity index (χ1n) is 9.77. The summed E-state index contributed by atoms with van der Waals surface area (Å²) in [6.45, 7) is 5.36. The number of anilines is 1. The molecule has 0 atom stereocenters. The molecule has 0 bridgehead atoms. The highest BCUT2D eigenvalue weighted by atomic mass is 79.9. The summed E-state index contributed by atoms with van der Waals surface area (Å²) < 4.78 is 13.4. The fourth-order valence-corrected chi connectivity index (χ4v) is 4.22. The maximum absolute atomic E-state index is 12.2. The molecular formula is C22H25BrN2O3S. The number of nitrogens with one attached hydrogen (secondary N) is 1. The van der Waals surface area contributed by atoms with Crippen molar-refractivity contribution in [1.29, 1.82) is 0 Å². The van der Waals surface area contributed by atoms with Crippen molar-refractivity contribution in [2.75, 3.05) is 18.5 Å². The Labute approximate surface area is 183 Å². The molecule has 1 heterocycles. The van der Waals surface area contributed by atoms with Gasteiger partial charge in [0.1, 0.15) is 11.5 Å². The van der Waals surface area contributed by atoms with E-state index >= 15 is 0 Å². The van der Waals surface area contributed by atoms with Crippen LogP contribution >= 0.6 is 27.3 Å². The maximum atomic E-state index is 12.2. The van der Waals surface area contributed by atoms with Gasteiger partial charge in [0.05, 0.1) is 27.9 Å². The number of aryl methyl sites for hydroxylation is 1. The van der Waals surface area contributed by atoms with Crippen LogP contribution in [0.5, 0.6) is 11.5 Å². The Bertz CT molecular complexity index is 974. The Morgan fingerprint density at radius 1 is 1.14 bits per heavy atom. The quantitative estimate of drug-likeness (QED) is 0.346. The number of hydrogen-bond acceptors (Lipinski definition) is 5. The molecule has 0 aliphatic rings. The molecular weight excluding hydrogens is 452 g/mol. The highest BCUT2D eigenvalue weighted by Gasteiger charge is 2.09. The summed E-state index contributed by atoms with van der Waals surface area (Å²) in [7, 11) is 0. The Kier molecular flexibility index (Phi) is 7.89. The SMILES string of the molecule is CCCCOc1ccc2nc(NC(=O)CCCOc3ccc(C)cc3Br)sc2c1. The van der Waals surface area contributed by atoms with E-state index in [1.54, 1.807) is 0 Å². The number of fused-ring (bicyclic) bond motifs is 1. The Balaban J connectivity index is 1.46. The van der Waals surface area contributed by atoms with Crippen molar-refractivity contribution in [2.24, 2.45) is 0 Å². The van der Waals surface area contributed by atoms with Gasteiger partial charge in [-0.15, -0.1) is 0 Å². The first-order chi connectivity index (χ1) is 14.0. The minimum Gasteiger partial charge on any atom is -0.494 e. The van der Waals surface area contributed by atoms with Crippen LogP contribution in [0.25, 0.3) is 10.2 Å². The van der Waals surface area contributed by atoms with Crippen LogP contribution in [0.4, 0.5) is 5.13 Å². The smallest absolute Gasteiger partial charge is 0.226 e. The molecule has 0 aliphatic heterocycles. The van der Waals surface area contributed by atoms with E-state index < -0.39 is 0 Å². The predicted molar refractivity (Wildman–Crippen MR) is 122 cm³/mol. The lowest BCUT2D eigenvalue weighted by Gasteiger charge is -2.08. The fourth-order valence-electron chi connectivity index (χ4n) is 2.70. The van der Waals surface area contributed by atoms with Gasteiger partial charge < -0.3 is 14.8 Å². The fraction of sp³-hybridized carbons (Fsp3) is 0.364. The Hall–Kier alpha value is -2.12. The normalized spacial score (nSPS) is 10.9. The number of carbonyl (C=O) groups excluding carboxylic acids is 1. The lowest BCUT2D eigenvalue weighted by molar-refractivity contribution is -0.116. The van der Waals surface area contributed by atoms with Crippen LogP contribution in [-0.4, -0.2) is 24.1 Å². The summed E-state index contributed by atoms with van der Waals surface area (Å²) >= 11 is 4.95. The maximum Gasteiger partial charge on any atom is 0.226 e. The van der Waals surface area contributed by atoms with E-state index in [0.29, 0.717) is 31.2 Å². The molecule has 29 heavy (non-hydrogen) atoms. The topological polar surface area (TPSA) is 60.5 Å². The van der Waals surface area contributed by atoms with E-state index in [1.807, 2.05) is 43.3 Å². The molecule has 0 fully saturated rings. The molecule has 0 saturated carbocycles. The summed E-state index contributed by atoms with van der Waals surface area (Å²) in [5, 5.41) is 3.49. The average molecular weight is 477 g/mol. The summed E-state index contributed by atoms with van der Waals surface area (Å²) in [5.74, 6) is 1.57. The summed E-state index contributed by atoms with van der Waals surface area (Å²) in [6.07, 6.45) is 3.15. The van der Waals surface area contributed by atoms with Crippen molar-refractivity contribution in [1.82, 2.24) is 4.98 Å². The standard InChI is InChI=1S/C22H25BrN2O3S/c1-3-4-11-27-16-8-9-18-20(14-16)29-22(24-18)25-21(26)6-5-12-28-19-10-7-15(2)13-17(19)23/h7-10,13-14H,3-6,11-12H2,1-2H3,(H,24,25,26). The van der Waals surface area contributed by atoms with E-state index in [1.165, 1.54) is 16.9 Å². The van der Waals surface area contributed by atoms with Crippen LogP contribution < -0.4 is 14.8 Å². The monoisotopic (exact) mass is 476 g/mol. The molecule has 1 N–H and O–H groups in total. The molecule has 0 spiro atoms. The third-order valence-electron chi connectivity index (χ3n) is 4.27. The zero-order valence-electron chi connectivity index (χ0n) is 16.7. The number of unbranched alkanes of at least 4 members (excludes halogenated alkanes) is 1. The van der Waals surface area contributed by atoms with E-state index in [2.05, 4.69) is 33.2 Å². The second kappa shape index (κ2) is 10.6. The van der Waals surface area contributed by atoms with Gasteiger partial charge in [-0.1, -0.05) is 30.7 Å². The van der Waals surface area contributed by atoms with Gasteiger partial charge in [0.25, 0.3) is 0 Å². The van der Waals surface area contributed by atoms with Gasteiger partial charge in [0.2, 0.25) is 5.91 Å². The average Bonchev–Trinajstić information content (AvgIpc) is 3.08. The Morgan fingerprint density at radius 2 is 1.97 bits per heavy atom. The van der Waals surface area contributed by atoms with Crippen LogP contribution in [0.3, 0.4) is 0 Å². The zero-order chi connectivity index (χ0) is 20.6. The number of ether oxygens (including phenoxy) is 2. The third-order valence-corrected chi connectivity index (χ3v) is 5.82. The van der Waals surface area contributed by atoms with Crippen molar-refractivity contribution in [3.63, 3.8) is 0 Å². The molecule has 154 valence electrons. The highest BCUT2D eigenvalue weighted by Crippen LogP contribution is 2.29. The van der Waals surface area contributed by atoms with Crippen molar-refractivity contribution in [3.05, 3.63) is 46.4 Å². The van der Waals surface area contributed by atoms with Gasteiger partial charge in [-0.3, -0.25) is 4.79 Å². The molecule has 1 aromatic heterocycles. The van der Waals surface area contributed by atoms with Gasteiger partial charge in [-0.25, -0.2) is 4.98 Å². The number of rotatable bonds is 10. The van der Waals surface area contributed by atoms with Crippen molar-refractivity contribution in [3.8, 4) is 11.5 Å². The van der Waals surface area contributed by atoms with E-state index in [-0.39, 0.29) is 5.91 Å². The molecule has 3 rings (SSSR count). The molecule has 0 unspecified atom stereocenters. The largest absolute Gasteiger partial charge is 0.494 e. The van der Waals surface area contributed by atoms with Crippen LogP contribution in [0.1, 0.15) is 38.2 Å². The number of thiazole rings is 1. The highest BCUT2D eigenvalue weighted by molar-refractivity contribution is 9.10. The van der Waals surface area contributed by atoms with Gasteiger partial charge in [-0.2, -0.15) is 0 Å². The number of benzene rings is 2. The van der Waals surface area contributed by atoms with Crippen LogP contribution in [0.15, 0.2) is 40.9 Å². The molecule has 2 aromatic carbocycles. The van der Waals surface area contributed by atoms with Gasteiger partial charge in [0.15, 0.2) is 5.13 Å². The number of halogens is 1. The first kappa shape index (κ1) is 21.6. The molecule has 1 amide bonds. The molecule has 5 nitrogen and oxygen atoms in total. The number of nitrogens with zero attached hydrogens (tertiary/aromatic N) is 1. The number of carbonyl (C=O) groups is 1. The van der Waals surface area contributed by atoms with E-state index in [0.717, 1.165) is 39.0 Å². The second-order valence-corrected chi connectivity index (χ2v) is 8.67. The predicted octanol–water partition coefficient (Wildman–Crippen LogP) is 6.34. The van der Waals surface area contributed by atoms with Crippen LogP contribution in [-0.2, 0) is 4.79 Å². The van der Waals surface area contributed by atoms with E-state index in [9.17, 15) is 4.79 Å². The minimum absolute atomic E-state index is 0.0601. The van der Waals surface area contributed by atoms with Crippen molar-refractivity contribution >= 4 is 48.5 Å². The summed E-state index contributed by atoms with van der Waals surface area (Å²) in [5.41, 5.74) is 2.03. The number of hydrogen-bond donors (Lipinski definition) is 1. The van der Waals surface area contributed by atoms with Gasteiger partial charge >= 0.3 is 0 Å². The minimum atomic E-state index is -0.0601. The molecule has 7 heteroatoms. The van der Waals surface area contributed by atoms with Crippen molar-refractivity contribution < 1.29 is 14.3 Å². The molecule has 3 aromatic rings. The van der Waals surface area contributed by atoms with Gasteiger partial charge in [0, 0.05) is 6.42 Å². The first-order valence-corrected chi connectivity index (χ1v) is 11.4. The number of amides is 1. The summed E-state index contributed by atoms with van der Waals surface area (Å²) in [4.78, 5) is 16.7. The lowest BCUT2D eigenvalue weighted by atomic mass is 10.2. The summed E-state index contributed by atoms with van der Waals surface area (Å²) in [6, 6.07) is 11.8.